The maximum absolute atomic E-state index is 11.9. The summed E-state index contributed by atoms with van der Waals surface area (Å²) in [5.41, 5.74) is 0.938. The van der Waals surface area contributed by atoms with Crippen molar-refractivity contribution in [1.29, 1.82) is 5.26 Å². The lowest BCUT2D eigenvalue weighted by molar-refractivity contribution is -0.121. The molecule has 6 heteroatoms. The average molecular weight is 336 g/mol. The maximum Gasteiger partial charge on any atom is 0.220 e. The van der Waals surface area contributed by atoms with Crippen molar-refractivity contribution in [3.05, 3.63) is 28.8 Å². The Bertz CT molecular complexity index is 578. The summed E-state index contributed by atoms with van der Waals surface area (Å²) in [7, 11) is 0. The second kappa shape index (κ2) is 8.76. The molecule has 1 aliphatic heterocycles. The lowest BCUT2D eigenvalue weighted by atomic mass is 9.97. The molecular formula is C17H22ClN3O2. The van der Waals surface area contributed by atoms with Gasteiger partial charge in [-0.05, 0) is 56.0 Å². The number of hydrogen-bond acceptors (Lipinski definition) is 4. The van der Waals surface area contributed by atoms with Gasteiger partial charge in [-0.15, -0.1) is 0 Å². The van der Waals surface area contributed by atoms with E-state index < -0.39 is 0 Å². The Morgan fingerprint density at radius 3 is 2.83 bits per heavy atom. The minimum absolute atomic E-state index is 0.0358. The molecule has 1 aromatic rings. The number of hydrogen-bond donors (Lipinski definition) is 2. The molecule has 1 aliphatic rings. The molecule has 0 atom stereocenters. The van der Waals surface area contributed by atoms with Gasteiger partial charge in [-0.2, -0.15) is 5.26 Å². The highest BCUT2D eigenvalue weighted by atomic mass is 35.5. The minimum Gasteiger partial charge on any atom is -0.506 e. The van der Waals surface area contributed by atoms with Crippen LogP contribution in [0.4, 0.5) is 0 Å². The Kier molecular flexibility index (Phi) is 6.69. The zero-order valence-electron chi connectivity index (χ0n) is 13.1. The van der Waals surface area contributed by atoms with Gasteiger partial charge in [0.25, 0.3) is 0 Å². The van der Waals surface area contributed by atoms with Crippen molar-refractivity contribution in [3.8, 4) is 11.8 Å². The summed E-state index contributed by atoms with van der Waals surface area (Å²) >= 11 is 5.85. The monoisotopic (exact) mass is 335 g/mol. The number of piperidine rings is 1. The summed E-state index contributed by atoms with van der Waals surface area (Å²) in [4.78, 5) is 14.1. The van der Waals surface area contributed by atoms with Crippen LogP contribution >= 0.6 is 11.6 Å². The van der Waals surface area contributed by atoms with Gasteiger partial charge in [0, 0.05) is 13.0 Å². The maximum atomic E-state index is 11.9. The smallest absolute Gasteiger partial charge is 0.220 e. The Morgan fingerprint density at radius 1 is 1.43 bits per heavy atom. The summed E-state index contributed by atoms with van der Waals surface area (Å²) in [6.07, 6.45) is 3.06. The number of nitrogens with zero attached hydrogens (tertiary/aromatic N) is 2. The highest BCUT2D eigenvalue weighted by Crippen LogP contribution is 2.24. The number of aryl methyl sites for hydroxylation is 1. The number of aromatic hydroxyl groups is 1. The summed E-state index contributed by atoms with van der Waals surface area (Å²) in [5, 5.41) is 21.3. The molecule has 1 aromatic carbocycles. The van der Waals surface area contributed by atoms with Crippen LogP contribution in [0, 0.1) is 17.2 Å². The van der Waals surface area contributed by atoms with E-state index >= 15 is 0 Å². The number of phenolic OH excluding ortho intramolecular Hbond substituents is 1. The summed E-state index contributed by atoms with van der Waals surface area (Å²) in [5.74, 6) is 0.591. The summed E-state index contributed by atoms with van der Waals surface area (Å²) < 4.78 is 0. The highest BCUT2D eigenvalue weighted by molar-refractivity contribution is 6.32. The number of likely N-dealkylation sites (tertiary alicyclic amines) is 1. The number of halogens is 1. The number of nitriles is 1. The number of amides is 1. The predicted octanol–water partition coefficient (Wildman–Crippen LogP) is 2.33. The first-order chi connectivity index (χ1) is 11.1. The molecule has 1 amide bonds. The van der Waals surface area contributed by atoms with Crippen LogP contribution in [0.5, 0.6) is 5.75 Å². The third-order valence-corrected chi connectivity index (χ3v) is 4.54. The van der Waals surface area contributed by atoms with Gasteiger partial charge in [-0.25, -0.2) is 0 Å². The SMILES string of the molecule is N#CCN1CCC(CNC(=O)CCc2ccc(O)c(Cl)c2)CC1. The van der Waals surface area contributed by atoms with E-state index in [4.69, 9.17) is 16.9 Å². The number of benzene rings is 1. The molecule has 1 fully saturated rings. The van der Waals surface area contributed by atoms with E-state index in [1.54, 1.807) is 18.2 Å². The van der Waals surface area contributed by atoms with Crippen LogP contribution < -0.4 is 5.32 Å². The van der Waals surface area contributed by atoms with Crippen LogP contribution in [0.2, 0.25) is 5.02 Å². The summed E-state index contributed by atoms with van der Waals surface area (Å²) in [6, 6.07) is 7.19. The zero-order chi connectivity index (χ0) is 16.7. The molecule has 0 bridgehead atoms. The topological polar surface area (TPSA) is 76.4 Å². The van der Waals surface area contributed by atoms with E-state index in [9.17, 15) is 9.90 Å². The van der Waals surface area contributed by atoms with Gasteiger partial charge >= 0.3 is 0 Å². The van der Waals surface area contributed by atoms with E-state index in [0.717, 1.165) is 31.5 Å². The van der Waals surface area contributed by atoms with E-state index in [1.807, 2.05) is 0 Å². The first-order valence-corrected chi connectivity index (χ1v) is 8.29. The predicted molar refractivity (Wildman–Crippen MR) is 89.2 cm³/mol. The van der Waals surface area contributed by atoms with Crippen molar-refractivity contribution < 1.29 is 9.90 Å². The van der Waals surface area contributed by atoms with E-state index in [-0.39, 0.29) is 11.7 Å². The number of carbonyl (C=O) groups is 1. The number of rotatable bonds is 6. The fraction of sp³-hybridized carbons (Fsp3) is 0.529. The van der Waals surface area contributed by atoms with Crippen molar-refractivity contribution in [2.45, 2.75) is 25.7 Å². The van der Waals surface area contributed by atoms with Crippen molar-refractivity contribution >= 4 is 17.5 Å². The molecule has 2 rings (SSSR count). The molecule has 0 radical (unpaired) electrons. The third kappa shape index (κ3) is 5.74. The van der Waals surface area contributed by atoms with Gasteiger partial charge in [0.05, 0.1) is 17.6 Å². The van der Waals surface area contributed by atoms with Gasteiger partial charge in [-0.3, -0.25) is 9.69 Å². The average Bonchev–Trinajstić information content (AvgIpc) is 2.55. The molecule has 124 valence electrons. The molecule has 0 saturated carbocycles. The molecule has 2 N–H and O–H groups in total. The number of phenols is 1. The van der Waals surface area contributed by atoms with Gasteiger partial charge in [0.2, 0.25) is 5.91 Å². The van der Waals surface area contributed by atoms with Crippen LogP contribution in [-0.4, -0.2) is 42.1 Å². The van der Waals surface area contributed by atoms with Crippen LogP contribution in [0.3, 0.4) is 0 Å². The molecule has 0 aromatic heterocycles. The van der Waals surface area contributed by atoms with Crippen LogP contribution in [-0.2, 0) is 11.2 Å². The zero-order valence-corrected chi connectivity index (χ0v) is 13.9. The molecule has 23 heavy (non-hydrogen) atoms. The third-order valence-electron chi connectivity index (χ3n) is 4.24. The fourth-order valence-electron chi connectivity index (χ4n) is 2.76. The quantitative estimate of drug-likeness (QED) is 0.782. The molecule has 1 saturated heterocycles. The Labute approximate surface area is 141 Å². The van der Waals surface area contributed by atoms with Crippen molar-refractivity contribution in [2.75, 3.05) is 26.2 Å². The first kappa shape index (κ1) is 17.6. The molecular weight excluding hydrogens is 314 g/mol. The molecule has 1 heterocycles. The van der Waals surface area contributed by atoms with E-state index in [1.165, 1.54) is 0 Å². The van der Waals surface area contributed by atoms with Crippen molar-refractivity contribution in [1.82, 2.24) is 10.2 Å². The number of carbonyl (C=O) groups excluding carboxylic acids is 1. The van der Waals surface area contributed by atoms with E-state index in [2.05, 4.69) is 16.3 Å². The molecule has 0 spiro atoms. The lowest BCUT2D eigenvalue weighted by Gasteiger charge is -2.30. The van der Waals surface area contributed by atoms with Crippen LogP contribution in [0.25, 0.3) is 0 Å². The minimum atomic E-state index is 0.0358. The Hall–Kier alpha value is -1.77. The summed E-state index contributed by atoms with van der Waals surface area (Å²) in [6.45, 7) is 3.06. The van der Waals surface area contributed by atoms with Gasteiger partial charge < -0.3 is 10.4 Å². The van der Waals surface area contributed by atoms with Crippen LogP contribution in [0.1, 0.15) is 24.8 Å². The first-order valence-electron chi connectivity index (χ1n) is 7.92. The van der Waals surface area contributed by atoms with Gasteiger partial charge in [0.15, 0.2) is 0 Å². The number of nitrogens with one attached hydrogen (secondary N) is 1. The molecule has 5 nitrogen and oxygen atoms in total. The van der Waals surface area contributed by atoms with Gasteiger partial charge in [0.1, 0.15) is 5.75 Å². The normalized spacial score (nSPS) is 16.0. The highest BCUT2D eigenvalue weighted by Gasteiger charge is 2.19. The van der Waals surface area contributed by atoms with E-state index in [0.29, 0.717) is 36.9 Å². The van der Waals surface area contributed by atoms with Gasteiger partial charge in [-0.1, -0.05) is 17.7 Å². The van der Waals surface area contributed by atoms with Crippen molar-refractivity contribution in [2.24, 2.45) is 5.92 Å². The Balaban J connectivity index is 1.66. The second-order valence-electron chi connectivity index (χ2n) is 5.97. The largest absolute Gasteiger partial charge is 0.506 e. The Morgan fingerprint density at radius 2 is 2.17 bits per heavy atom. The lowest BCUT2D eigenvalue weighted by Crippen LogP contribution is -2.38. The second-order valence-corrected chi connectivity index (χ2v) is 6.37. The molecule has 0 unspecified atom stereocenters. The molecule has 0 aliphatic carbocycles. The fourth-order valence-corrected chi connectivity index (χ4v) is 2.96. The van der Waals surface area contributed by atoms with Crippen molar-refractivity contribution in [3.63, 3.8) is 0 Å². The standard InChI is InChI=1S/C17H22ClN3O2/c18-15-11-13(1-3-16(15)22)2-4-17(23)20-12-14-5-8-21(9-6-14)10-7-19/h1,3,11,14,22H,2,4-6,8-10,12H2,(H,20,23). The van der Waals surface area contributed by atoms with Crippen LogP contribution in [0.15, 0.2) is 18.2 Å².